The van der Waals surface area contributed by atoms with Crippen LogP contribution in [0.4, 0.5) is 11.4 Å². The molecule has 0 fully saturated rings. The van der Waals surface area contributed by atoms with Crippen LogP contribution in [0.2, 0.25) is 0 Å². The molecule has 35 heavy (non-hydrogen) atoms. The van der Waals surface area contributed by atoms with E-state index in [1.807, 2.05) is 72.4 Å². The van der Waals surface area contributed by atoms with Gasteiger partial charge in [-0.1, -0.05) is 60.2 Å². The molecule has 0 aliphatic heterocycles. The lowest BCUT2D eigenvalue weighted by atomic mass is 10.1. The zero-order valence-electron chi connectivity index (χ0n) is 19.5. The lowest BCUT2D eigenvalue weighted by Gasteiger charge is -2.06. The Morgan fingerprint density at radius 3 is 2.26 bits per heavy atom. The number of sulfonamides is 1. The van der Waals surface area contributed by atoms with E-state index >= 15 is 0 Å². The minimum Gasteiger partial charge on any atom is -0.323 e. The van der Waals surface area contributed by atoms with Crippen LogP contribution in [-0.4, -0.2) is 30.4 Å². The predicted molar refractivity (Wildman–Crippen MR) is 141 cm³/mol. The van der Waals surface area contributed by atoms with Gasteiger partial charge >= 0.3 is 0 Å². The molecule has 7 nitrogen and oxygen atoms in total. The molecule has 1 aromatic heterocycles. The highest BCUT2D eigenvalue weighted by molar-refractivity contribution is 7.92. The van der Waals surface area contributed by atoms with Gasteiger partial charge in [0.25, 0.3) is 0 Å². The molecule has 0 atom stereocenters. The van der Waals surface area contributed by atoms with E-state index in [0.717, 1.165) is 34.2 Å². The van der Waals surface area contributed by atoms with Crippen molar-refractivity contribution >= 4 is 33.4 Å². The van der Waals surface area contributed by atoms with Crippen molar-refractivity contribution in [2.24, 2.45) is 0 Å². The van der Waals surface area contributed by atoms with Crippen molar-refractivity contribution in [3.8, 4) is 11.3 Å². The zero-order valence-corrected chi connectivity index (χ0v) is 20.3. The molecule has 0 saturated heterocycles. The first kappa shape index (κ1) is 24.0. The van der Waals surface area contributed by atoms with Gasteiger partial charge in [-0.15, -0.1) is 0 Å². The molecule has 0 radical (unpaired) electrons. The van der Waals surface area contributed by atoms with Crippen molar-refractivity contribution in [2.75, 3.05) is 16.3 Å². The smallest absolute Gasteiger partial charge is 0.248 e. The second-order valence-corrected chi connectivity index (χ2v) is 10.0. The normalized spacial score (nSPS) is 11.5. The number of nitrogens with one attached hydrogen (secondary N) is 2. The molecule has 0 aliphatic rings. The van der Waals surface area contributed by atoms with Crippen LogP contribution in [0.25, 0.3) is 17.3 Å². The third-order valence-electron chi connectivity index (χ3n) is 5.17. The van der Waals surface area contributed by atoms with Gasteiger partial charge in [-0.2, -0.15) is 5.10 Å². The number of aryl methyl sites for hydroxylation is 1. The van der Waals surface area contributed by atoms with E-state index in [9.17, 15) is 13.2 Å². The molecule has 3 aromatic carbocycles. The first-order valence-corrected chi connectivity index (χ1v) is 12.9. The Kier molecular flexibility index (Phi) is 7.12. The van der Waals surface area contributed by atoms with Gasteiger partial charge in [0.05, 0.1) is 18.5 Å². The van der Waals surface area contributed by atoms with Crippen LogP contribution in [0.5, 0.6) is 0 Å². The van der Waals surface area contributed by atoms with E-state index in [1.165, 1.54) is 6.08 Å². The minimum absolute atomic E-state index is 0.306. The molecular weight excluding hydrogens is 460 g/mol. The third-order valence-corrected chi connectivity index (χ3v) is 5.78. The fourth-order valence-electron chi connectivity index (χ4n) is 3.53. The van der Waals surface area contributed by atoms with Crippen LogP contribution in [0.3, 0.4) is 0 Å². The van der Waals surface area contributed by atoms with Crippen LogP contribution in [0, 0.1) is 6.92 Å². The molecule has 0 saturated carbocycles. The number of hydrogen-bond acceptors (Lipinski definition) is 4. The van der Waals surface area contributed by atoms with Gasteiger partial charge in [0.2, 0.25) is 15.9 Å². The number of anilines is 2. The summed E-state index contributed by atoms with van der Waals surface area (Å²) in [7, 11) is -3.36. The first-order valence-electron chi connectivity index (χ1n) is 11.0. The maximum absolute atomic E-state index is 12.6. The second-order valence-electron chi connectivity index (χ2n) is 8.26. The fraction of sp³-hybridized carbons (Fsp3) is 0.111. The number of aromatic nitrogens is 2. The van der Waals surface area contributed by atoms with Crippen molar-refractivity contribution in [3.05, 3.63) is 108 Å². The number of nitrogens with zero attached hydrogens (tertiary/aromatic N) is 2. The van der Waals surface area contributed by atoms with Crippen LogP contribution >= 0.6 is 0 Å². The highest BCUT2D eigenvalue weighted by Gasteiger charge is 2.11. The molecule has 0 aliphatic carbocycles. The summed E-state index contributed by atoms with van der Waals surface area (Å²) < 4.78 is 26.9. The third kappa shape index (κ3) is 6.91. The van der Waals surface area contributed by atoms with E-state index in [-0.39, 0.29) is 5.91 Å². The van der Waals surface area contributed by atoms with Gasteiger partial charge in [0, 0.05) is 34.8 Å². The summed E-state index contributed by atoms with van der Waals surface area (Å²) in [6.07, 6.45) is 6.22. The molecule has 2 N–H and O–H groups in total. The Balaban J connectivity index is 1.53. The van der Waals surface area contributed by atoms with E-state index in [4.69, 9.17) is 5.10 Å². The Hall–Kier alpha value is -4.17. The Morgan fingerprint density at radius 1 is 0.943 bits per heavy atom. The van der Waals surface area contributed by atoms with Gasteiger partial charge < -0.3 is 5.32 Å². The largest absolute Gasteiger partial charge is 0.323 e. The van der Waals surface area contributed by atoms with Gasteiger partial charge in [-0.25, -0.2) is 8.42 Å². The van der Waals surface area contributed by atoms with E-state index in [1.54, 1.807) is 30.3 Å². The number of carbonyl (C=O) groups excluding carboxylic acids is 1. The topological polar surface area (TPSA) is 93.1 Å². The highest BCUT2D eigenvalue weighted by Crippen LogP contribution is 2.24. The Morgan fingerprint density at radius 2 is 1.60 bits per heavy atom. The number of amides is 1. The maximum atomic E-state index is 12.6. The summed E-state index contributed by atoms with van der Waals surface area (Å²) in [5, 5.41) is 7.57. The molecule has 8 heteroatoms. The fourth-order valence-corrected chi connectivity index (χ4v) is 4.10. The lowest BCUT2D eigenvalue weighted by Crippen LogP contribution is -2.10. The summed E-state index contributed by atoms with van der Waals surface area (Å²) in [5.41, 5.74) is 5.86. The quantitative estimate of drug-likeness (QED) is 0.345. The van der Waals surface area contributed by atoms with Crippen molar-refractivity contribution in [1.82, 2.24) is 9.78 Å². The second kappa shape index (κ2) is 10.4. The molecule has 0 unspecified atom stereocenters. The van der Waals surface area contributed by atoms with Crippen LogP contribution < -0.4 is 10.0 Å². The monoisotopic (exact) mass is 486 g/mol. The standard InChI is InChI=1S/C27H26N4O3S/c1-20-8-10-22(11-9-20)27-23(19-31(29-27)18-21-6-4-3-5-7-21)12-17-26(32)28-24-13-15-25(16-14-24)30-35(2,33)34/h3-17,19,30H,18H2,1-2H3,(H,28,32)/b17-12+. The highest BCUT2D eigenvalue weighted by atomic mass is 32.2. The van der Waals surface area contributed by atoms with Crippen molar-refractivity contribution in [3.63, 3.8) is 0 Å². The van der Waals surface area contributed by atoms with Crippen LogP contribution in [-0.2, 0) is 21.4 Å². The summed E-state index contributed by atoms with van der Waals surface area (Å²) in [6.45, 7) is 2.65. The lowest BCUT2D eigenvalue weighted by molar-refractivity contribution is -0.111. The number of carbonyl (C=O) groups is 1. The zero-order chi connectivity index (χ0) is 24.8. The van der Waals surface area contributed by atoms with Crippen molar-refractivity contribution in [2.45, 2.75) is 13.5 Å². The number of hydrogen-bond donors (Lipinski definition) is 2. The first-order chi connectivity index (χ1) is 16.7. The van der Waals surface area contributed by atoms with E-state index in [2.05, 4.69) is 10.0 Å². The van der Waals surface area contributed by atoms with E-state index < -0.39 is 10.0 Å². The van der Waals surface area contributed by atoms with E-state index in [0.29, 0.717) is 17.9 Å². The molecule has 1 amide bonds. The molecule has 0 bridgehead atoms. The minimum atomic E-state index is -3.36. The van der Waals surface area contributed by atoms with Crippen LogP contribution in [0.15, 0.2) is 91.1 Å². The summed E-state index contributed by atoms with van der Waals surface area (Å²) in [5.74, 6) is -0.306. The molecule has 0 spiro atoms. The average Bonchev–Trinajstić information content (AvgIpc) is 3.22. The summed E-state index contributed by atoms with van der Waals surface area (Å²) >= 11 is 0. The molecular formula is C27H26N4O3S. The SMILES string of the molecule is Cc1ccc(-c2nn(Cc3ccccc3)cc2/C=C/C(=O)Nc2ccc(NS(C)(=O)=O)cc2)cc1. The van der Waals surface area contributed by atoms with Gasteiger partial charge in [-0.3, -0.25) is 14.2 Å². The molecule has 4 rings (SSSR count). The molecule has 4 aromatic rings. The Labute approximate surface area is 205 Å². The Bertz CT molecular complexity index is 1440. The predicted octanol–water partition coefficient (Wildman–Crippen LogP) is 4.93. The van der Waals surface area contributed by atoms with Crippen LogP contribution in [0.1, 0.15) is 16.7 Å². The summed E-state index contributed by atoms with van der Waals surface area (Å²) in [6, 6.07) is 24.6. The molecule has 178 valence electrons. The molecule has 1 heterocycles. The summed E-state index contributed by atoms with van der Waals surface area (Å²) in [4.78, 5) is 12.6. The van der Waals surface area contributed by atoms with Gasteiger partial charge in [0.1, 0.15) is 0 Å². The van der Waals surface area contributed by atoms with Crippen molar-refractivity contribution < 1.29 is 13.2 Å². The average molecular weight is 487 g/mol. The van der Waals surface area contributed by atoms with Crippen molar-refractivity contribution in [1.29, 1.82) is 0 Å². The van der Waals surface area contributed by atoms with Gasteiger partial charge in [-0.05, 0) is 42.8 Å². The number of benzene rings is 3. The number of rotatable bonds is 8. The maximum Gasteiger partial charge on any atom is 0.248 e. The van der Waals surface area contributed by atoms with Gasteiger partial charge in [0.15, 0.2) is 0 Å².